The van der Waals surface area contributed by atoms with Gasteiger partial charge < -0.3 is 5.32 Å². The highest BCUT2D eigenvalue weighted by atomic mass is 32.2. The molecule has 0 saturated heterocycles. The second-order valence-electron chi connectivity index (χ2n) is 4.86. The fraction of sp³-hybridized carbons (Fsp3) is 0.308. The van der Waals surface area contributed by atoms with Crippen LogP contribution in [0.25, 0.3) is 0 Å². The predicted octanol–water partition coefficient (Wildman–Crippen LogP) is 0.156. The van der Waals surface area contributed by atoms with Gasteiger partial charge >= 0.3 is 0 Å². The Hall–Kier alpha value is -2.26. The van der Waals surface area contributed by atoms with Gasteiger partial charge in [0.2, 0.25) is 15.9 Å². The number of hydrogen-bond donors (Lipinski definition) is 1. The van der Waals surface area contributed by atoms with Gasteiger partial charge in [0, 0.05) is 12.7 Å². The molecule has 1 heterocycles. The molecule has 0 saturated carbocycles. The molecule has 1 aromatic carbocycles. The zero-order valence-corrected chi connectivity index (χ0v) is 13.1. The molecule has 2 rings (SSSR count). The summed E-state index contributed by atoms with van der Waals surface area (Å²) in [6.45, 7) is 0.366. The van der Waals surface area contributed by atoms with Crippen molar-refractivity contribution in [3.63, 3.8) is 0 Å². The van der Waals surface area contributed by atoms with Crippen LogP contribution in [0.4, 0.5) is 5.69 Å². The minimum Gasteiger partial charge on any atom is -0.325 e. The second kappa shape index (κ2) is 6.67. The maximum absolute atomic E-state index is 11.8. The molecule has 0 fully saturated rings. The van der Waals surface area contributed by atoms with Crippen LogP contribution in [-0.4, -0.2) is 53.2 Å². The fourth-order valence-electron chi connectivity index (χ4n) is 1.71. The van der Waals surface area contributed by atoms with Crippen molar-refractivity contribution in [2.24, 2.45) is 0 Å². The maximum atomic E-state index is 11.8. The number of likely N-dealkylation sites (N-methyl/N-ethyl adjacent to an activating group) is 1. The Labute approximate surface area is 128 Å². The number of amides is 1. The lowest BCUT2D eigenvalue weighted by Gasteiger charge is -2.13. The summed E-state index contributed by atoms with van der Waals surface area (Å²) in [6.07, 6.45) is 4.14. The van der Waals surface area contributed by atoms with Gasteiger partial charge in [0.05, 0.1) is 19.3 Å². The average molecular weight is 323 g/mol. The van der Waals surface area contributed by atoms with E-state index in [1.165, 1.54) is 13.4 Å². The maximum Gasteiger partial charge on any atom is 0.239 e. The highest BCUT2D eigenvalue weighted by molar-refractivity contribution is 7.88. The van der Waals surface area contributed by atoms with Gasteiger partial charge in [0.25, 0.3) is 0 Å². The molecule has 0 aliphatic carbocycles. The molecular formula is C13H17N5O3S. The highest BCUT2D eigenvalue weighted by Crippen LogP contribution is 2.10. The molecule has 8 nitrogen and oxygen atoms in total. The van der Waals surface area contributed by atoms with Crippen LogP contribution in [0.2, 0.25) is 0 Å². The lowest BCUT2D eigenvalue weighted by Crippen LogP contribution is -2.34. The van der Waals surface area contributed by atoms with Crippen molar-refractivity contribution in [3.05, 3.63) is 42.5 Å². The first kappa shape index (κ1) is 16.1. The monoisotopic (exact) mass is 323 g/mol. The van der Waals surface area contributed by atoms with Crippen LogP contribution in [0.3, 0.4) is 0 Å². The summed E-state index contributed by atoms with van der Waals surface area (Å²) in [5.41, 5.74) is 1.62. The predicted molar refractivity (Wildman–Crippen MR) is 81.7 cm³/mol. The van der Waals surface area contributed by atoms with Gasteiger partial charge in [-0.15, -0.1) is 0 Å². The number of carbonyl (C=O) groups is 1. The molecule has 22 heavy (non-hydrogen) atoms. The summed E-state index contributed by atoms with van der Waals surface area (Å²) in [5, 5.41) is 6.66. The summed E-state index contributed by atoms with van der Waals surface area (Å²) in [4.78, 5) is 15.6. The zero-order valence-electron chi connectivity index (χ0n) is 12.3. The molecule has 1 aromatic heterocycles. The largest absolute Gasteiger partial charge is 0.325 e. The minimum absolute atomic E-state index is 0.223. The molecule has 2 aromatic rings. The van der Waals surface area contributed by atoms with Gasteiger partial charge in [0.1, 0.15) is 12.7 Å². The second-order valence-corrected chi connectivity index (χ2v) is 6.95. The average Bonchev–Trinajstić information content (AvgIpc) is 2.92. The lowest BCUT2D eigenvalue weighted by atomic mass is 10.2. The van der Waals surface area contributed by atoms with Crippen molar-refractivity contribution in [2.75, 3.05) is 25.2 Å². The van der Waals surface area contributed by atoms with Crippen LogP contribution < -0.4 is 5.32 Å². The Bertz CT molecular complexity index is 726. The molecule has 1 N–H and O–H groups in total. The molecule has 0 spiro atoms. The van der Waals surface area contributed by atoms with E-state index in [1.54, 1.807) is 23.1 Å². The van der Waals surface area contributed by atoms with Crippen molar-refractivity contribution in [1.82, 2.24) is 19.1 Å². The van der Waals surface area contributed by atoms with E-state index >= 15 is 0 Å². The summed E-state index contributed by atoms with van der Waals surface area (Å²) in [7, 11) is -2.01. The summed E-state index contributed by atoms with van der Waals surface area (Å²) >= 11 is 0. The van der Waals surface area contributed by atoms with Gasteiger partial charge in [-0.2, -0.15) is 9.40 Å². The summed E-state index contributed by atoms with van der Waals surface area (Å²) in [6, 6.07) is 7.23. The smallest absolute Gasteiger partial charge is 0.239 e. The van der Waals surface area contributed by atoms with Crippen LogP contribution in [0.1, 0.15) is 5.56 Å². The van der Waals surface area contributed by atoms with E-state index in [0.29, 0.717) is 12.2 Å². The molecule has 0 atom stereocenters. The number of hydrogen-bond acceptors (Lipinski definition) is 5. The third-order valence-electron chi connectivity index (χ3n) is 2.98. The Kier molecular flexibility index (Phi) is 4.88. The molecule has 118 valence electrons. The number of nitrogens with zero attached hydrogens (tertiary/aromatic N) is 4. The van der Waals surface area contributed by atoms with Crippen molar-refractivity contribution in [3.8, 4) is 0 Å². The van der Waals surface area contributed by atoms with Crippen molar-refractivity contribution in [1.29, 1.82) is 0 Å². The van der Waals surface area contributed by atoms with Crippen LogP contribution in [0.15, 0.2) is 36.9 Å². The molecule has 1 amide bonds. The fourth-order valence-corrected chi connectivity index (χ4v) is 2.07. The summed E-state index contributed by atoms with van der Waals surface area (Å²) < 4.78 is 25.2. The molecule has 0 bridgehead atoms. The number of nitrogens with one attached hydrogen (secondary N) is 1. The first-order chi connectivity index (χ1) is 10.3. The summed E-state index contributed by atoms with van der Waals surface area (Å²) in [5.74, 6) is -0.392. The van der Waals surface area contributed by atoms with Crippen molar-refractivity contribution < 1.29 is 13.2 Å². The molecular weight excluding hydrogens is 306 g/mol. The van der Waals surface area contributed by atoms with E-state index < -0.39 is 15.9 Å². The van der Waals surface area contributed by atoms with E-state index in [4.69, 9.17) is 0 Å². The van der Waals surface area contributed by atoms with Crippen LogP contribution in [0.5, 0.6) is 0 Å². The van der Waals surface area contributed by atoms with Crippen LogP contribution >= 0.6 is 0 Å². The number of anilines is 1. The number of carbonyl (C=O) groups excluding carboxylic acids is 1. The van der Waals surface area contributed by atoms with E-state index in [2.05, 4.69) is 15.4 Å². The first-order valence-corrected chi connectivity index (χ1v) is 8.32. The number of rotatable bonds is 6. The van der Waals surface area contributed by atoms with E-state index in [-0.39, 0.29) is 6.54 Å². The van der Waals surface area contributed by atoms with E-state index in [9.17, 15) is 13.2 Å². The molecule has 0 unspecified atom stereocenters. The topological polar surface area (TPSA) is 97.2 Å². The first-order valence-electron chi connectivity index (χ1n) is 6.47. The standard InChI is InChI=1S/C13H17N5O3S/c1-17(22(2,20)21)8-13(19)16-12-5-3-11(4-6-12)7-18-10-14-9-15-18/h3-6,9-10H,7-8H2,1-2H3,(H,16,19). The molecule has 0 aliphatic rings. The Balaban J connectivity index is 1.92. The van der Waals surface area contributed by atoms with Crippen LogP contribution in [0, 0.1) is 0 Å². The molecule has 0 aliphatic heterocycles. The van der Waals surface area contributed by atoms with E-state index in [1.807, 2.05) is 12.1 Å². The SMILES string of the molecule is CN(CC(=O)Nc1ccc(Cn2cncn2)cc1)S(C)(=O)=O. The molecule has 9 heteroatoms. The van der Waals surface area contributed by atoms with E-state index in [0.717, 1.165) is 16.1 Å². The van der Waals surface area contributed by atoms with Crippen molar-refractivity contribution >= 4 is 21.6 Å². The Morgan fingerprint density at radius 3 is 2.55 bits per heavy atom. The quantitative estimate of drug-likeness (QED) is 0.816. The Morgan fingerprint density at radius 1 is 1.32 bits per heavy atom. The van der Waals surface area contributed by atoms with Gasteiger partial charge in [-0.3, -0.25) is 4.79 Å². The third-order valence-corrected chi connectivity index (χ3v) is 4.24. The minimum atomic E-state index is -3.37. The van der Waals surface area contributed by atoms with Gasteiger partial charge in [-0.05, 0) is 17.7 Å². The lowest BCUT2D eigenvalue weighted by molar-refractivity contribution is -0.116. The van der Waals surface area contributed by atoms with Crippen molar-refractivity contribution in [2.45, 2.75) is 6.54 Å². The van der Waals surface area contributed by atoms with Crippen LogP contribution in [-0.2, 0) is 21.4 Å². The Morgan fingerprint density at radius 2 is 2.00 bits per heavy atom. The number of aromatic nitrogens is 3. The highest BCUT2D eigenvalue weighted by Gasteiger charge is 2.15. The van der Waals surface area contributed by atoms with Gasteiger partial charge in [-0.25, -0.2) is 18.1 Å². The molecule has 0 radical (unpaired) electrons. The van der Waals surface area contributed by atoms with Gasteiger partial charge in [0.15, 0.2) is 0 Å². The van der Waals surface area contributed by atoms with Gasteiger partial charge in [-0.1, -0.05) is 12.1 Å². The number of sulfonamides is 1. The number of benzene rings is 1. The normalized spacial score (nSPS) is 11.6. The zero-order chi connectivity index (χ0) is 16.2. The third kappa shape index (κ3) is 4.64.